The lowest BCUT2D eigenvalue weighted by Gasteiger charge is -2.37. The Balaban J connectivity index is 0.00000320. The van der Waals surface area contributed by atoms with Gasteiger partial charge in [0.15, 0.2) is 5.96 Å². The van der Waals surface area contributed by atoms with Gasteiger partial charge in [-0.15, -0.1) is 24.0 Å². The van der Waals surface area contributed by atoms with Crippen LogP contribution in [0.3, 0.4) is 0 Å². The van der Waals surface area contributed by atoms with Crippen molar-refractivity contribution in [3.8, 4) is 0 Å². The summed E-state index contributed by atoms with van der Waals surface area (Å²) in [5, 5.41) is 3.08. The average Bonchev–Trinajstić information content (AvgIpc) is 2.66. The third kappa shape index (κ3) is 6.10. The van der Waals surface area contributed by atoms with E-state index in [1.165, 1.54) is 12.1 Å². The molecule has 1 heterocycles. The molecule has 0 spiro atoms. The molecule has 0 bridgehead atoms. The highest BCUT2D eigenvalue weighted by Gasteiger charge is 2.37. The minimum absolute atomic E-state index is 0. The molecule has 1 saturated heterocycles. The van der Waals surface area contributed by atoms with Crippen LogP contribution in [0.1, 0.15) is 35.1 Å². The molecule has 1 aliphatic rings. The first-order valence-corrected chi connectivity index (χ1v) is 9.59. The fourth-order valence-corrected chi connectivity index (χ4v) is 3.80. The van der Waals surface area contributed by atoms with E-state index in [0.717, 1.165) is 22.9 Å². The van der Waals surface area contributed by atoms with Crippen molar-refractivity contribution in [1.82, 2.24) is 0 Å². The summed E-state index contributed by atoms with van der Waals surface area (Å²) >= 11 is 0. The zero-order valence-corrected chi connectivity index (χ0v) is 19.4. The van der Waals surface area contributed by atoms with Crippen LogP contribution in [0.15, 0.2) is 47.5 Å². The molecule has 0 atom stereocenters. The Morgan fingerprint density at radius 1 is 1.10 bits per heavy atom. The van der Waals surface area contributed by atoms with Gasteiger partial charge in [-0.3, -0.25) is 4.99 Å². The predicted octanol–water partition coefficient (Wildman–Crippen LogP) is 5.42. The van der Waals surface area contributed by atoms with E-state index in [2.05, 4.69) is 16.4 Å². The molecule has 2 aromatic carbocycles. The first-order chi connectivity index (χ1) is 13.7. The van der Waals surface area contributed by atoms with Crippen molar-refractivity contribution in [2.24, 2.45) is 10.7 Å². The highest BCUT2D eigenvalue weighted by Crippen LogP contribution is 2.38. The SMILES string of the molecule is Cc1cc(C)cc(NC(N)=NCC2(c3cccc(C(F)(F)F)c3)CCOCC2)c1.I. The fraction of sp³-hybridized carbons (Fsp3) is 0.409. The smallest absolute Gasteiger partial charge is 0.381 e. The molecule has 1 fully saturated rings. The van der Waals surface area contributed by atoms with Crippen molar-refractivity contribution in [3.63, 3.8) is 0 Å². The molecule has 164 valence electrons. The quantitative estimate of drug-likeness (QED) is 0.314. The van der Waals surface area contributed by atoms with Crippen LogP contribution in [0, 0.1) is 13.8 Å². The van der Waals surface area contributed by atoms with Gasteiger partial charge in [0, 0.05) is 24.3 Å². The molecule has 8 heteroatoms. The molecule has 0 aromatic heterocycles. The molecule has 0 unspecified atom stereocenters. The minimum Gasteiger partial charge on any atom is -0.381 e. The van der Waals surface area contributed by atoms with Crippen LogP contribution in [-0.2, 0) is 16.3 Å². The molecule has 1 aliphatic heterocycles. The number of aliphatic imine (C=N–C) groups is 1. The number of benzene rings is 2. The summed E-state index contributed by atoms with van der Waals surface area (Å²) < 4.78 is 45.1. The molecule has 3 rings (SSSR count). The van der Waals surface area contributed by atoms with Crippen molar-refractivity contribution in [3.05, 3.63) is 64.7 Å². The number of hydrogen-bond acceptors (Lipinski definition) is 2. The maximum atomic E-state index is 13.2. The Hall–Kier alpha value is -1.81. The van der Waals surface area contributed by atoms with Crippen molar-refractivity contribution in [2.45, 2.75) is 38.3 Å². The largest absolute Gasteiger partial charge is 0.416 e. The van der Waals surface area contributed by atoms with Crippen molar-refractivity contribution in [1.29, 1.82) is 0 Å². The van der Waals surface area contributed by atoms with Crippen molar-refractivity contribution >= 4 is 35.6 Å². The first kappa shape index (κ1) is 24.5. The van der Waals surface area contributed by atoms with Crippen LogP contribution < -0.4 is 11.1 Å². The van der Waals surface area contributed by atoms with Gasteiger partial charge in [0.2, 0.25) is 0 Å². The summed E-state index contributed by atoms with van der Waals surface area (Å²) in [6.07, 6.45) is -3.20. The van der Waals surface area contributed by atoms with E-state index in [-0.39, 0.29) is 29.9 Å². The predicted molar refractivity (Wildman–Crippen MR) is 125 cm³/mol. The third-order valence-electron chi connectivity index (χ3n) is 5.30. The molecule has 4 nitrogen and oxygen atoms in total. The normalized spacial score (nSPS) is 16.6. The van der Waals surface area contributed by atoms with Crippen LogP contribution in [0.5, 0.6) is 0 Å². The Labute approximate surface area is 192 Å². The van der Waals surface area contributed by atoms with Gasteiger partial charge in [-0.25, -0.2) is 0 Å². The number of aryl methyl sites for hydroxylation is 2. The number of hydrogen-bond donors (Lipinski definition) is 2. The third-order valence-corrected chi connectivity index (χ3v) is 5.30. The molecule has 0 saturated carbocycles. The highest BCUT2D eigenvalue weighted by atomic mass is 127. The number of nitrogens with zero attached hydrogens (tertiary/aromatic N) is 1. The second kappa shape index (κ2) is 10.00. The van der Waals surface area contributed by atoms with Crippen LogP contribution in [0.4, 0.5) is 18.9 Å². The van der Waals surface area contributed by atoms with Crippen LogP contribution >= 0.6 is 24.0 Å². The second-order valence-corrected chi connectivity index (χ2v) is 7.67. The highest BCUT2D eigenvalue weighted by molar-refractivity contribution is 14.0. The molecule has 3 N–H and O–H groups in total. The van der Waals surface area contributed by atoms with Gasteiger partial charge in [0.1, 0.15) is 0 Å². The van der Waals surface area contributed by atoms with Crippen LogP contribution in [0.25, 0.3) is 0 Å². The van der Waals surface area contributed by atoms with E-state index in [0.29, 0.717) is 38.2 Å². The molecule has 2 aromatic rings. The summed E-state index contributed by atoms with van der Waals surface area (Å²) in [4.78, 5) is 4.49. The topological polar surface area (TPSA) is 59.6 Å². The zero-order valence-electron chi connectivity index (χ0n) is 17.1. The summed E-state index contributed by atoms with van der Waals surface area (Å²) in [7, 11) is 0. The second-order valence-electron chi connectivity index (χ2n) is 7.67. The van der Waals surface area contributed by atoms with E-state index in [1.807, 2.05) is 26.0 Å². The Morgan fingerprint density at radius 2 is 1.73 bits per heavy atom. The Kier molecular flexibility index (Phi) is 8.15. The van der Waals surface area contributed by atoms with E-state index in [1.54, 1.807) is 6.07 Å². The first-order valence-electron chi connectivity index (χ1n) is 9.59. The van der Waals surface area contributed by atoms with Crippen molar-refractivity contribution in [2.75, 3.05) is 25.1 Å². The number of alkyl halides is 3. The number of anilines is 1. The lowest BCUT2D eigenvalue weighted by Crippen LogP contribution is -2.38. The zero-order chi connectivity index (χ0) is 21.1. The van der Waals surface area contributed by atoms with Crippen molar-refractivity contribution < 1.29 is 17.9 Å². The minimum atomic E-state index is -4.38. The van der Waals surface area contributed by atoms with Gasteiger partial charge in [-0.05, 0) is 61.6 Å². The Bertz CT molecular complexity index is 873. The number of rotatable bonds is 4. The maximum absolute atomic E-state index is 13.2. The number of ether oxygens (including phenoxy) is 1. The van der Waals surface area contributed by atoms with Gasteiger partial charge >= 0.3 is 6.18 Å². The summed E-state index contributed by atoms with van der Waals surface area (Å²) in [5.74, 6) is 0.243. The van der Waals surface area contributed by atoms with Gasteiger partial charge in [0.25, 0.3) is 0 Å². The van der Waals surface area contributed by atoms with Gasteiger partial charge in [-0.1, -0.05) is 24.3 Å². The fourth-order valence-electron chi connectivity index (χ4n) is 3.80. The number of nitrogens with two attached hydrogens (primary N) is 1. The summed E-state index contributed by atoms with van der Waals surface area (Å²) in [6.45, 7) is 5.25. The molecule has 0 aliphatic carbocycles. The van der Waals surface area contributed by atoms with Crippen LogP contribution in [0.2, 0.25) is 0 Å². The Morgan fingerprint density at radius 3 is 2.33 bits per heavy atom. The number of nitrogens with one attached hydrogen (secondary N) is 1. The monoisotopic (exact) mass is 533 g/mol. The van der Waals surface area contributed by atoms with Gasteiger partial charge in [0.05, 0.1) is 12.1 Å². The maximum Gasteiger partial charge on any atom is 0.416 e. The van der Waals surface area contributed by atoms with Crippen LogP contribution in [-0.4, -0.2) is 25.7 Å². The average molecular weight is 533 g/mol. The molecule has 0 radical (unpaired) electrons. The van der Waals surface area contributed by atoms with Gasteiger partial charge < -0.3 is 15.8 Å². The molecule has 0 amide bonds. The summed E-state index contributed by atoms with van der Waals surface area (Å²) in [5.41, 5.74) is 8.57. The number of halogens is 4. The van der Waals surface area contributed by atoms with E-state index >= 15 is 0 Å². The molecular formula is C22H27F3IN3O. The molecular weight excluding hydrogens is 506 g/mol. The summed E-state index contributed by atoms with van der Waals surface area (Å²) in [6, 6.07) is 11.5. The van der Waals surface area contributed by atoms with E-state index in [4.69, 9.17) is 10.5 Å². The van der Waals surface area contributed by atoms with E-state index < -0.39 is 17.2 Å². The lowest BCUT2D eigenvalue weighted by molar-refractivity contribution is -0.137. The standard InChI is InChI=1S/C22H26F3N3O.HI/c1-15-10-16(2)12-19(11-15)28-20(26)27-14-21(6-8-29-9-7-21)17-4-3-5-18(13-17)22(23,24)25;/h3-5,10-13H,6-9,14H2,1-2H3,(H3,26,27,28);1H. The number of guanidine groups is 1. The lowest BCUT2D eigenvalue weighted by atomic mass is 9.74. The van der Waals surface area contributed by atoms with Gasteiger partial charge in [-0.2, -0.15) is 13.2 Å². The van der Waals surface area contributed by atoms with E-state index in [9.17, 15) is 13.2 Å². The molecule has 30 heavy (non-hydrogen) atoms.